The molecule has 1 aromatic rings. The molecule has 15 heavy (non-hydrogen) atoms. The first kappa shape index (κ1) is 11.6. The molecule has 0 spiro atoms. The SMILES string of the molecule is CC(C)CNC(=O)Cn1cnnc1CO. The van der Waals surface area contributed by atoms with Crippen LogP contribution in [-0.4, -0.2) is 32.3 Å². The van der Waals surface area contributed by atoms with Gasteiger partial charge in [0, 0.05) is 6.54 Å². The van der Waals surface area contributed by atoms with Crippen molar-refractivity contribution in [2.45, 2.75) is 27.0 Å². The van der Waals surface area contributed by atoms with Crippen molar-refractivity contribution in [3.63, 3.8) is 0 Å². The molecule has 1 heterocycles. The number of aliphatic hydroxyl groups is 1. The van der Waals surface area contributed by atoms with Crippen LogP contribution in [0.5, 0.6) is 0 Å². The predicted molar refractivity (Wildman–Crippen MR) is 53.8 cm³/mol. The van der Waals surface area contributed by atoms with Gasteiger partial charge < -0.3 is 15.0 Å². The maximum Gasteiger partial charge on any atom is 0.240 e. The van der Waals surface area contributed by atoms with E-state index in [1.54, 1.807) is 0 Å². The van der Waals surface area contributed by atoms with E-state index in [1.807, 2.05) is 13.8 Å². The summed E-state index contributed by atoms with van der Waals surface area (Å²) in [6.07, 6.45) is 1.43. The molecule has 0 saturated heterocycles. The van der Waals surface area contributed by atoms with E-state index in [2.05, 4.69) is 15.5 Å². The molecule has 6 heteroatoms. The van der Waals surface area contributed by atoms with Gasteiger partial charge in [0.05, 0.1) is 0 Å². The molecule has 0 atom stereocenters. The van der Waals surface area contributed by atoms with Crippen LogP contribution in [0, 0.1) is 5.92 Å². The van der Waals surface area contributed by atoms with Gasteiger partial charge in [-0.1, -0.05) is 13.8 Å². The number of aliphatic hydroxyl groups excluding tert-OH is 1. The van der Waals surface area contributed by atoms with Crippen molar-refractivity contribution >= 4 is 5.91 Å². The lowest BCUT2D eigenvalue weighted by molar-refractivity contribution is -0.121. The van der Waals surface area contributed by atoms with Gasteiger partial charge in [0.1, 0.15) is 19.5 Å². The van der Waals surface area contributed by atoms with Gasteiger partial charge in [-0.3, -0.25) is 4.79 Å². The fourth-order valence-corrected chi connectivity index (χ4v) is 1.06. The molecule has 6 nitrogen and oxygen atoms in total. The van der Waals surface area contributed by atoms with Gasteiger partial charge in [-0.2, -0.15) is 0 Å². The van der Waals surface area contributed by atoms with Gasteiger partial charge >= 0.3 is 0 Å². The zero-order chi connectivity index (χ0) is 11.3. The van der Waals surface area contributed by atoms with E-state index in [9.17, 15) is 4.79 Å². The Morgan fingerprint density at radius 3 is 3.00 bits per heavy atom. The number of amides is 1. The molecule has 0 bridgehead atoms. The highest BCUT2D eigenvalue weighted by Gasteiger charge is 2.07. The number of hydrogen-bond donors (Lipinski definition) is 2. The molecule has 0 aromatic carbocycles. The zero-order valence-electron chi connectivity index (χ0n) is 8.97. The summed E-state index contributed by atoms with van der Waals surface area (Å²) in [5, 5.41) is 18.9. The molecule has 84 valence electrons. The molecule has 0 fully saturated rings. The quantitative estimate of drug-likeness (QED) is 0.692. The Morgan fingerprint density at radius 2 is 2.40 bits per heavy atom. The highest BCUT2D eigenvalue weighted by atomic mass is 16.3. The summed E-state index contributed by atoms with van der Waals surface area (Å²) in [5.74, 6) is 0.722. The molecule has 2 N–H and O–H groups in total. The van der Waals surface area contributed by atoms with Crippen LogP contribution in [0.25, 0.3) is 0 Å². The van der Waals surface area contributed by atoms with E-state index < -0.39 is 0 Å². The third-order valence-electron chi connectivity index (χ3n) is 1.86. The standard InChI is InChI=1S/C9H16N4O2/c1-7(2)3-10-9(15)4-13-6-11-12-8(13)5-14/h6-7,14H,3-5H2,1-2H3,(H,10,15). The number of rotatable bonds is 5. The van der Waals surface area contributed by atoms with Crippen LogP contribution < -0.4 is 5.32 Å². The second-order valence-corrected chi connectivity index (χ2v) is 3.73. The highest BCUT2D eigenvalue weighted by Crippen LogP contribution is 1.94. The smallest absolute Gasteiger partial charge is 0.240 e. The van der Waals surface area contributed by atoms with E-state index in [1.165, 1.54) is 10.9 Å². The van der Waals surface area contributed by atoms with Crippen molar-refractivity contribution in [2.24, 2.45) is 5.92 Å². The van der Waals surface area contributed by atoms with E-state index in [0.29, 0.717) is 18.3 Å². The number of nitrogens with one attached hydrogen (secondary N) is 1. The number of carbonyl (C=O) groups is 1. The van der Waals surface area contributed by atoms with Crippen LogP contribution >= 0.6 is 0 Å². The molecule has 1 rings (SSSR count). The minimum absolute atomic E-state index is 0.0989. The first-order valence-electron chi connectivity index (χ1n) is 4.87. The zero-order valence-corrected chi connectivity index (χ0v) is 8.97. The molecule has 1 aromatic heterocycles. The summed E-state index contributed by atoms with van der Waals surface area (Å²) in [6, 6.07) is 0. The van der Waals surface area contributed by atoms with Crippen LogP contribution in [0.3, 0.4) is 0 Å². The Hall–Kier alpha value is -1.43. The summed E-state index contributed by atoms with van der Waals surface area (Å²) < 4.78 is 1.52. The van der Waals surface area contributed by atoms with Crippen LogP contribution in [0.4, 0.5) is 0 Å². The van der Waals surface area contributed by atoms with Crippen molar-refractivity contribution in [3.8, 4) is 0 Å². The summed E-state index contributed by atoms with van der Waals surface area (Å²) in [7, 11) is 0. The Morgan fingerprint density at radius 1 is 1.67 bits per heavy atom. The number of carbonyl (C=O) groups excluding carboxylic acids is 1. The fraction of sp³-hybridized carbons (Fsp3) is 0.667. The van der Waals surface area contributed by atoms with Gasteiger partial charge in [-0.25, -0.2) is 0 Å². The number of nitrogens with zero attached hydrogens (tertiary/aromatic N) is 3. The molecular weight excluding hydrogens is 196 g/mol. The van der Waals surface area contributed by atoms with E-state index in [0.717, 1.165) is 0 Å². The molecule has 0 aliphatic carbocycles. The van der Waals surface area contributed by atoms with Gasteiger partial charge in [0.2, 0.25) is 5.91 Å². The molecule has 1 amide bonds. The van der Waals surface area contributed by atoms with Crippen molar-refractivity contribution in [1.82, 2.24) is 20.1 Å². The second kappa shape index (κ2) is 5.45. The number of hydrogen-bond acceptors (Lipinski definition) is 4. The third kappa shape index (κ3) is 3.67. The van der Waals surface area contributed by atoms with E-state index in [-0.39, 0.29) is 19.1 Å². The van der Waals surface area contributed by atoms with Gasteiger partial charge in [-0.05, 0) is 5.92 Å². The van der Waals surface area contributed by atoms with Crippen LogP contribution in [-0.2, 0) is 17.9 Å². The fourth-order valence-electron chi connectivity index (χ4n) is 1.06. The Bertz CT molecular complexity index is 322. The van der Waals surface area contributed by atoms with Crippen molar-refractivity contribution in [2.75, 3.05) is 6.54 Å². The normalized spacial score (nSPS) is 10.7. The van der Waals surface area contributed by atoms with E-state index in [4.69, 9.17) is 5.11 Å². The van der Waals surface area contributed by atoms with Crippen LogP contribution in [0.2, 0.25) is 0 Å². The second-order valence-electron chi connectivity index (χ2n) is 3.73. The third-order valence-corrected chi connectivity index (χ3v) is 1.86. The van der Waals surface area contributed by atoms with Crippen LogP contribution in [0.1, 0.15) is 19.7 Å². The predicted octanol–water partition coefficient (Wildman–Crippen LogP) is -0.457. The summed E-state index contributed by atoms with van der Waals surface area (Å²) in [5.41, 5.74) is 0. The number of aromatic nitrogens is 3. The molecule has 0 unspecified atom stereocenters. The summed E-state index contributed by atoms with van der Waals surface area (Å²) in [4.78, 5) is 11.4. The highest BCUT2D eigenvalue weighted by molar-refractivity contribution is 5.75. The van der Waals surface area contributed by atoms with Gasteiger partial charge in [0.15, 0.2) is 5.82 Å². The molecule has 0 saturated carbocycles. The molecule has 0 radical (unpaired) electrons. The lowest BCUT2D eigenvalue weighted by Crippen LogP contribution is -2.30. The van der Waals surface area contributed by atoms with Gasteiger partial charge in [-0.15, -0.1) is 10.2 Å². The van der Waals surface area contributed by atoms with Crippen molar-refractivity contribution < 1.29 is 9.90 Å². The molecule has 0 aliphatic heterocycles. The Kier molecular flexibility index (Phi) is 4.23. The summed E-state index contributed by atoms with van der Waals surface area (Å²) >= 11 is 0. The molecular formula is C9H16N4O2. The minimum atomic E-state index is -0.211. The lowest BCUT2D eigenvalue weighted by Gasteiger charge is -2.08. The Balaban J connectivity index is 2.44. The van der Waals surface area contributed by atoms with Crippen molar-refractivity contribution in [1.29, 1.82) is 0 Å². The molecule has 0 aliphatic rings. The minimum Gasteiger partial charge on any atom is -0.388 e. The average molecular weight is 212 g/mol. The maximum absolute atomic E-state index is 11.4. The lowest BCUT2D eigenvalue weighted by atomic mass is 10.2. The monoisotopic (exact) mass is 212 g/mol. The van der Waals surface area contributed by atoms with Gasteiger partial charge in [0.25, 0.3) is 0 Å². The summed E-state index contributed by atoms with van der Waals surface area (Å²) in [6.45, 7) is 4.64. The topological polar surface area (TPSA) is 80.0 Å². The largest absolute Gasteiger partial charge is 0.388 e. The average Bonchev–Trinajstić information content (AvgIpc) is 2.62. The first-order chi connectivity index (χ1) is 7.13. The maximum atomic E-state index is 11.4. The van der Waals surface area contributed by atoms with E-state index >= 15 is 0 Å². The van der Waals surface area contributed by atoms with Crippen molar-refractivity contribution in [3.05, 3.63) is 12.2 Å². The van der Waals surface area contributed by atoms with Crippen LogP contribution in [0.15, 0.2) is 6.33 Å². The Labute approximate surface area is 88.3 Å². The first-order valence-corrected chi connectivity index (χ1v) is 4.87.